The standard InChI is InChI=1S/C4HCl3N2/c5-3(1-8)4(6,7)2-9/h3H. The lowest BCUT2D eigenvalue weighted by atomic mass is 10.3. The van der Waals surface area contributed by atoms with Gasteiger partial charge in [0.05, 0.1) is 6.07 Å². The van der Waals surface area contributed by atoms with Crippen molar-refractivity contribution in [3.63, 3.8) is 0 Å². The predicted molar refractivity (Wildman–Crippen MR) is 35.3 cm³/mol. The van der Waals surface area contributed by atoms with Crippen molar-refractivity contribution in [1.82, 2.24) is 0 Å². The van der Waals surface area contributed by atoms with Gasteiger partial charge in [0.15, 0.2) is 5.38 Å². The molecule has 0 saturated carbocycles. The summed E-state index contributed by atoms with van der Waals surface area (Å²) in [6, 6.07) is 3.00. The van der Waals surface area contributed by atoms with E-state index in [-0.39, 0.29) is 0 Å². The molecule has 1 unspecified atom stereocenters. The molecular weight excluding hydrogens is 182 g/mol. The first-order valence-electron chi connectivity index (χ1n) is 1.87. The van der Waals surface area contributed by atoms with E-state index in [9.17, 15) is 0 Å². The van der Waals surface area contributed by atoms with Gasteiger partial charge in [-0.1, -0.05) is 23.2 Å². The van der Waals surface area contributed by atoms with Gasteiger partial charge in [0.2, 0.25) is 4.33 Å². The third-order valence-electron chi connectivity index (χ3n) is 0.581. The summed E-state index contributed by atoms with van der Waals surface area (Å²) in [6.45, 7) is 0. The molecule has 2 nitrogen and oxygen atoms in total. The molecule has 5 heteroatoms. The van der Waals surface area contributed by atoms with Crippen LogP contribution >= 0.6 is 34.8 Å². The van der Waals surface area contributed by atoms with Crippen molar-refractivity contribution in [2.45, 2.75) is 9.71 Å². The largest absolute Gasteiger partial charge is 0.232 e. The van der Waals surface area contributed by atoms with Crippen molar-refractivity contribution in [3.8, 4) is 12.1 Å². The molecule has 0 heterocycles. The van der Waals surface area contributed by atoms with Gasteiger partial charge in [0.1, 0.15) is 6.07 Å². The maximum atomic E-state index is 8.15. The summed E-state index contributed by atoms with van der Waals surface area (Å²) in [5.74, 6) is 0. The first kappa shape index (κ1) is 8.85. The van der Waals surface area contributed by atoms with Gasteiger partial charge in [0, 0.05) is 0 Å². The van der Waals surface area contributed by atoms with E-state index in [0.717, 1.165) is 0 Å². The lowest BCUT2D eigenvalue weighted by molar-refractivity contribution is 1.00. The highest BCUT2D eigenvalue weighted by atomic mass is 35.5. The fraction of sp³-hybridized carbons (Fsp3) is 0.500. The second-order valence-corrected chi connectivity index (χ2v) is 3.05. The minimum atomic E-state index is -1.80. The Hall–Kier alpha value is -0.150. The zero-order valence-corrected chi connectivity index (χ0v) is 6.37. The molecule has 0 amide bonds. The Morgan fingerprint density at radius 2 is 1.78 bits per heavy atom. The average molecular weight is 183 g/mol. The van der Waals surface area contributed by atoms with Crippen LogP contribution in [-0.4, -0.2) is 9.71 Å². The van der Waals surface area contributed by atoms with Crippen LogP contribution < -0.4 is 0 Å². The quantitative estimate of drug-likeness (QED) is 0.582. The van der Waals surface area contributed by atoms with E-state index < -0.39 is 9.71 Å². The smallest absolute Gasteiger partial charge is 0.197 e. The van der Waals surface area contributed by atoms with Crippen LogP contribution in [0.2, 0.25) is 0 Å². The van der Waals surface area contributed by atoms with Crippen molar-refractivity contribution in [2.24, 2.45) is 0 Å². The van der Waals surface area contributed by atoms with Crippen LogP contribution in [0.15, 0.2) is 0 Å². The van der Waals surface area contributed by atoms with Gasteiger partial charge >= 0.3 is 0 Å². The summed E-state index contributed by atoms with van der Waals surface area (Å²) in [6.07, 6.45) is 0. The molecule has 0 radical (unpaired) electrons. The highest BCUT2D eigenvalue weighted by Crippen LogP contribution is 2.27. The lowest BCUT2D eigenvalue weighted by Gasteiger charge is -2.08. The number of alkyl halides is 3. The van der Waals surface area contributed by atoms with Gasteiger partial charge in [-0.05, 0) is 0 Å². The van der Waals surface area contributed by atoms with E-state index in [2.05, 4.69) is 0 Å². The summed E-state index contributed by atoms with van der Waals surface area (Å²) >= 11 is 15.7. The number of nitrogens with zero attached hydrogens (tertiary/aromatic N) is 2. The lowest BCUT2D eigenvalue weighted by Crippen LogP contribution is -2.22. The van der Waals surface area contributed by atoms with Crippen molar-refractivity contribution in [1.29, 1.82) is 10.5 Å². The zero-order valence-electron chi connectivity index (χ0n) is 4.11. The SMILES string of the molecule is N#CC(Cl)C(Cl)(Cl)C#N. The maximum absolute atomic E-state index is 8.15. The molecule has 48 valence electrons. The van der Waals surface area contributed by atoms with Crippen LogP contribution in [0.1, 0.15) is 0 Å². The van der Waals surface area contributed by atoms with Crippen LogP contribution in [0.5, 0.6) is 0 Å². The van der Waals surface area contributed by atoms with Gasteiger partial charge in [-0.2, -0.15) is 10.5 Å². The summed E-state index contributed by atoms with van der Waals surface area (Å²) < 4.78 is -1.80. The number of hydrogen-bond donors (Lipinski definition) is 0. The normalized spacial score (nSPS) is 13.4. The molecule has 0 aromatic heterocycles. The minimum Gasteiger partial charge on any atom is -0.197 e. The fourth-order valence-corrected chi connectivity index (χ4v) is 0.284. The molecule has 0 fully saturated rings. The molecule has 0 N–H and O–H groups in total. The molecule has 0 aliphatic rings. The van der Waals surface area contributed by atoms with Crippen molar-refractivity contribution in [3.05, 3.63) is 0 Å². The molecule has 1 atom stereocenters. The molecule has 0 spiro atoms. The first-order chi connectivity index (χ1) is 4.04. The second kappa shape index (κ2) is 3.13. The highest BCUT2D eigenvalue weighted by molar-refractivity contribution is 6.54. The first-order valence-corrected chi connectivity index (χ1v) is 3.06. The predicted octanol–water partition coefficient (Wildman–Crippen LogP) is 1.81. The zero-order chi connectivity index (χ0) is 7.49. The Balaban J connectivity index is 4.23. The van der Waals surface area contributed by atoms with E-state index in [1.165, 1.54) is 12.1 Å². The Labute approximate surface area is 67.5 Å². The van der Waals surface area contributed by atoms with Crippen LogP contribution in [0.3, 0.4) is 0 Å². The third kappa shape index (κ3) is 2.28. The van der Waals surface area contributed by atoms with Gasteiger partial charge < -0.3 is 0 Å². The Bertz CT molecular complexity index is 175. The summed E-state index contributed by atoms with van der Waals surface area (Å²) in [5, 5.41) is 15.1. The fourth-order valence-electron chi connectivity index (χ4n) is 0.138. The molecule has 0 aromatic carbocycles. The summed E-state index contributed by atoms with van der Waals surface area (Å²) in [4.78, 5) is 0. The Kier molecular flexibility index (Phi) is 3.08. The molecule has 9 heavy (non-hydrogen) atoms. The van der Waals surface area contributed by atoms with Crippen molar-refractivity contribution >= 4 is 34.8 Å². The summed E-state index contributed by atoms with van der Waals surface area (Å²) in [5.41, 5.74) is 0. The van der Waals surface area contributed by atoms with E-state index in [0.29, 0.717) is 0 Å². The Morgan fingerprint density at radius 1 is 1.33 bits per heavy atom. The van der Waals surface area contributed by atoms with Crippen molar-refractivity contribution in [2.75, 3.05) is 0 Å². The van der Waals surface area contributed by atoms with Crippen LogP contribution in [0.4, 0.5) is 0 Å². The molecule has 0 aromatic rings. The molecular formula is C4HCl3N2. The topological polar surface area (TPSA) is 47.6 Å². The maximum Gasteiger partial charge on any atom is 0.232 e. The van der Waals surface area contributed by atoms with Crippen molar-refractivity contribution < 1.29 is 0 Å². The van der Waals surface area contributed by atoms with E-state index in [4.69, 9.17) is 45.3 Å². The minimum absolute atomic E-state index is 1.19. The molecule has 0 bridgehead atoms. The van der Waals surface area contributed by atoms with E-state index in [1.807, 2.05) is 0 Å². The number of hydrogen-bond acceptors (Lipinski definition) is 2. The molecule has 0 saturated heterocycles. The average Bonchev–Trinajstić information content (AvgIpc) is 1.86. The van der Waals surface area contributed by atoms with Crippen LogP contribution in [0, 0.1) is 22.7 Å². The molecule has 0 aliphatic heterocycles. The monoisotopic (exact) mass is 182 g/mol. The van der Waals surface area contributed by atoms with Gasteiger partial charge in [-0.15, -0.1) is 11.6 Å². The third-order valence-corrected chi connectivity index (χ3v) is 1.83. The summed E-state index contributed by atoms with van der Waals surface area (Å²) in [7, 11) is 0. The number of rotatable bonds is 1. The van der Waals surface area contributed by atoms with Gasteiger partial charge in [-0.3, -0.25) is 0 Å². The van der Waals surface area contributed by atoms with Gasteiger partial charge in [0.25, 0.3) is 0 Å². The second-order valence-electron chi connectivity index (χ2n) is 1.23. The molecule has 0 aliphatic carbocycles. The van der Waals surface area contributed by atoms with Gasteiger partial charge in [-0.25, -0.2) is 0 Å². The van der Waals surface area contributed by atoms with Crippen LogP contribution in [0.25, 0.3) is 0 Å². The van der Waals surface area contributed by atoms with Crippen LogP contribution in [-0.2, 0) is 0 Å². The number of nitriles is 2. The number of halogens is 3. The Morgan fingerprint density at radius 3 is 1.89 bits per heavy atom. The van der Waals surface area contributed by atoms with E-state index in [1.54, 1.807) is 0 Å². The molecule has 0 rings (SSSR count). The highest BCUT2D eigenvalue weighted by Gasteiger charge is 2.33. The van der Waals surface area contributed by atoms with E-state index >= 15 is 0 Å².